The fraction of sp³-hybridized carbons (Fsp3) is 0.500. The standard InChI is InChI=1S/C14H23NO4SSi/c1-12(15(16)19-21(5,6)14(2,3)4)20(17,18)13-10-8-7-9-11-13/h7-11H,1-6H3/b15-12+. The van der Waals surface area contributed by atoms with Crippen LogP contribution < -0.4 is 0 Å². The average Bonchev–Trinajstić information content (AvgIpc) is 2.37. The van der Waals surface area contributed by atoms with E-state index in [9.17, 15) is 13.6 Å². The van der Waals surface area contributed by atoms with Crippen LogP contribution in [-0.4, -0.2) is 26.7 Å². The fourth-order valence-corrected chi connectivity index (χ4v) is 3.26. The average molecular weight is 329 g/mol. The molecule has 5 nitrogen and oxygen atoms in total. The molecule has 1 rings (SSSR count). The Labute approximate surface area is 127 Å². The summed E-state index contributed by atoms with van der Waals surface area (Å²) < 4.78 is 30.2. The summed E-state index contributed by atoms with van der Waals surface area (Å²) in [6.07, 6.45) is 0. The van der Waals surface area contributed by atoms with Crippen molar-refractivity contribution in [1.82, 2.24) is 0 Å². The van der Waals surface area contributed by atoms with Crippen LogP contribution in [0.15, 0.2) is 35.2 Å². The molecular weight excluding hydrogens is 306 g/mol. The molecule has 0 aliphatic heterocycles. The molecule has 118 valence electrons. The Morgan fingerprint density at radius 3 is 2.10 bits per heavy atom. The fourth-order valence-electron chi connectivity index (χ4n) is 1.28. The summed E-state index contributed by atoms with van der Waals surface area (Å²) in [5, 5.41) is 11.6. The maximum atomic E-state index is 12.4. The van der Waals surface area contributed by atoms with E-state index >= 15 is 0 Å². The highest BCUT2D eigenvalue weighted by atomic mass is 32.2. The highest BCUT2D eigenvalue weighted by molar-refractivity contribution is 8.06. The molecule has 0 aliphatic rings. The second kappa shape index (κ2) is 5.80. The Balaban J connectivity index is 3.19. The summed E-state index contributed by atoms with van der Waals surface area (Å²) in [5.74, 6) is 0. The van der Waals surface area contributed by atoms with Crippen LogP contribution in [0, 0.1) is 5.21 Å². The topological polar surface area (TPSA) is 69.4 Å². The van der Waals surface area contributed by atoms with Gasteiger partial charge in [-0.3, -0.25) is 5.21 Å². The van der Waals surface area contributed by atoms with Gasteiger partial charge >= 0.3 is 5.04 Å². The minimum Gasteiger partial charge on any atom is -0.442 e. The molecule has 1 aromatic carbocycles. The van der Waals surface area contributed by atoms with Crippen molar-refractivity contribution in [1.29, 1.82) is 0 Å². The lowest BCUT2D eigenvalue weighted by Gasteiger charge is -2.37. The third kappa shape index (κ3) is 3.85. The number of hydrogen-bond donors (Lipinski definition) is 0. The Morgan fingerprint density at radius 2 is 1.67 bits per heavy atom. The highest BCUT2D eigenvalue weighted by Crippen LogP contribution is 2.36. The third-order valence-corrected chi connectivity index (χ3v) is 9.87. The SMILES string of the molecule is C/C(=[N+](/[O-])O[Si](C)(C)C(C)(C)C)S(=O)(=O)c1ccccc1. The second-order valence-electron chi connectivity index (χ2n) is 6.44. The maximum Gasteiger partial charge on any atom is 0.335 e. The molecule has 0 N–H and O–H groups in total. The first-order chi connectivity index (χ1) is 9.39. The van der Waals surface area contributed by atoms with E-state index in [-0.39, 0.29) is 19.9 Å². The molecule has 0 fully saturated rings. The highest BCUT2D eigenvalue weighted by Gasteiger charge is 2.38. The van der Waals surface area contributed by atoms with Gasteiger partial charge in [0.2, 0.25) is 0 Å². The molecule has 0 heterocycles. The number of hydrogen-bond acceptors (Lipinski definition) is 4. The Bertz CT molecular complexity index is 631. The molecule has 0 saturated heterocycles. The molecule has 0 aliphatic carbocycles. The minimum atomic E-state index is -3.83. The van der Waals surface area contributed by atoms with E-state index < -0.39 is 18.2 Å². The monoisotopic (exact) mass is 329 g/mol. The third-order valence-electron chi connectivity index (χ3n) is 3.82. The van der Waals surface area contributed by atoms with Gasteiger partial charge in [-0.25, -0.2) is 8.42 Å². The summed E-state index contributed by atoms with van der Waals surface area (Å²) in [4.78, 5) is 0.252. The predicted octanol–water partition coefficient (Wildman–Crippen LogP) is 3.33. The smallest absolute Gasteiger partial charge is 0.335 e. The zero-order valence-corrected chi connectivity index (χ0v) is 15.2. The zero-order chi connectivity index (χ0) is 16.5. The van der Waals surface area contributed by atoms with Gasteiger partial charge in [0, 0.05) is 11.8 Å². The lowest BCUT2D eigenvalue weighted by molar-refractivity contribution is -0.703. The molecule has 0 atom stereocenters. The second-order valence-corrected chi connectivity index (χ2v) is 13.2. The molecule has 0 unspecified atom stereocenters. The Kier molecular flexibility index (Phi) is 4.89. The van der Waals surface area contributed by atoms with Crippen LogP contribution in [0.25, 0.3) is 0 Å². The molecule has 21 heavy (non-hydrogen) atoms. The van der Waals surface area contributed by atoms with Crippen LogP contribution in [0.1, 0.15) is 27.7 Å². The summed E-state index contributed by atoms with van der Waals surface area (Å²) in [5.41, 5.74) is 0. The van der Waals surface area contributed by atoms with Gasteiger partial charge < -0.3 is 4.53 Å². The summed E-state index contributed by atoms with van der Waals surface area (Å²) in [6, 6.07) is 7.86. The van der Waals surface area contributed by atoms with Crippen molar-refractivity contribution in [2.24, 2.45) is 0 Å². The lowest BCUT2D eigenvalue weighted by atomic mass is 10.2. The molecule has 1 aromatic rings. The van der Waals surface area contributed by atoms with Crippen molar-refractivity contribution in [3.05, 3.63) is 35.5 Å². The first-order valence-corrected chi connectivity index (χ1v) is 11.1. The van der Waals surface area contributed by atoms with Crippen molar-refractivity contribution in [3.63, 3.8) is 0 Å². The zero-order valence-electron chi connectivity index (χ0n) is 13.4. The van der Waals surface area contributed by atoms with Crippen molar-refractivity contribution < 1.29 is 17.8 Å². The first kappa shape index (κ1) is 17.7. The van der Waals surface area contributed by atoms with E-state index in [1.54, 1.807) is 18.2 Å². The number of nitrogens with zero attached hydrogens (tertiary/aromatic N) is 1. The van der Waals surface area contributed by atoms with Gasteiger partial charge in [-0.15, -0.1) is 0 Å². The van der Waals surface area contributed by atoms with Crippen LogP contribution in [0.3, 0.4) is 0 Å². The molecule has 0 saturated carbocycles. The van der Waals surface area contributed by atoms with Gasteiger partial charge in [-0.1, -0.05) is 52.1 Å². The van der Waals surface area contributed by atoms with Gasteiger partial charge in [0.05, 0.1) is 4.90 Å². The molecule has 7 heteroatoms. The van der Waals surface area contributed by atoms with Crippen molar-refractivity contribution in [2.45, 2.75) is 50.7 Å². The van der Waals surface area contributed by atoms with E-state index in [4.69, 9.17) is 4.53 Å². The number of benzene rings is 1. The number of sulfone groups is 1. The molecule has 0 bridgehead atoms. The Hall–Kier alpha value is -1.34. The molecule has 0 amide bonds. The van der Waals surface area contributed by atoms with Crippen molar-refractivity contribution >= 4 is 23.2 Å². The molecule has 0 radical (unpaired) electrons. The largest absolute Gasteiger partial charge is 0.442 e. The lowest BCUT2D eigenvalue weighted by Crippen LogP contribution is -2.44. The van der Waals surface area contributed by atoms with E-state index in [1.807, 2.05) is 33.9 Å². The van der Waals surface area contributed by atoms with Gasteiger partial charge in [0.25, 0.3) is 9.84 Å². The van der Waals surface area contributed by atoms with E-state index in [0.717, 1.165) is 0 Å². The van der Waals surface area contributed by atoms with Crippen LogP contribution in [0.2, 0.25) is 18.1 Å². The maximum absolute atomic E-state index is 12.4. The van der Waals surface area contributed by atoms with E-state index in [0.29, 0.717) is 0 Å². The van der Waals surface area contributed by atoms with Gasteiger partial charge in [0.15, 0.2) is 8.32 Å². The van der Waals surface area contributed by atoms with Crippen LogP contribution in [0.4, 0.5) is 0 Å². The summed E-state index contributed by atoms with van der Waals surface area (Å²) in [7, 11) is -6.21. The predicted molar refractivity (Wildman–Crippen MR) is 86.2 cm³/mol. The minimum absolute atomic E-state index is 0.0854. The van der Waals surface area contributed by atoms with E-state index in [1.165, 1.54) is 19.1 Å². The van der Waals surface area contributed by atoms with Crippen molar-refractivity contribution in [3.8, 4) is 0 Å². The number of rotatable bonds is 3. The summed E-state index contributed by atoms with van der Waals surface area (Å²) in [6.45, 7) is 11.0. The molecule has 0 spiro atoms. The van der Waals surface area contributed by atoms with E-state index in [2.05, 4.69) is 0 Å². The molecular formula is C14H23NO4SSi. The summed E-state index contributed by atoms with van der Waals surface area (Å²) >= 11 is 0. The van der Waals surface area contributed by atoms with Gasteiger partial charge in [-0.2, -0.15) is 0 Å². The van der Waals surface area contributed by atoms with Crippen LogP contribution in [-0.2, 0) is 14.4 Å². The van der Waals surface area contributed by atoms with Crippen LogP contribution in [0.5, 0.6) is 0 Å². The molecule has 0 aromatic heterocycles. The Morgan fingerprint density at radius 1 is 1.19 bits per heavy atom. The van der Waals surface area contributed by atoms with Gasteiger partial charge in [-0.05, 0) is 17.2 Å². The normalized spacial score (nSPS) is 14.6. The first-order valence-electron chi connectivity index (χ1n) is 6.70. The quantitative estimate of drug-likeness (QED) is 0.280. The van der Waals surface area contributed by atoms with Crippen molar-refractivity contribution in [2.75, 3.05) is 0 Å². The van der Waals surface area contributed by atoms with Crippen LogP contribution >= 0.6 is 0 Å². The van der Waals surface area contributed by atoms with Gasteiger partial charge in [0.1, 0.15) is 0 Å².